The Balaban J connectivity index is 1.53. The number of pyridine rings is 1. The largest absolute Gasteiger partial charge is 0.416 e. The maximum Gasteiger partial charge on any atom is 0.416 e. The van der Waals surface area contributed by atoms with Crippen molar-refractivity contribution < 1.29 is 17.9 Å². The third-order valence-corrected chi connectivity index (χ3v) is 7.53. The van der Waals surface area contributed by atoms with E-state index in [4.69, 9.17) is 17.0 Å². The van der Waals surface area contributed by atoms with Crippen molar-refractivity contribution in [1.82, 2.24) is 24.7 Å². The number of morpholine rings is 1. The average molecular weight is 530 g/mol. The second-order valence-corrected chi connectivity index (χ2v) is 9.87. The van der Waals surface area contributed by atoms with Gasteiger partial charge in [-0.1, -0.05) is 12.1 Å². The number of nitrogens with one attached hydrogen (secondary N) is 1. The smallest absolute Gasteiger partial charge is 0.379 e. The Morgan fingerprint density at radius 1 is 1.05 bits per heavy atom. The van der Waals surface area contributed by atoms with Crippen molar-refractivity contribution in [2.75, 3.05) is 39.4 Å². The SMILES string of the molecule is Cc1cc([C@H]2[C@H](c3ccccn3)NC(=S)N2CCN2CCOCC2)c(C)n1-c1cccc(C(F)(F)F)c1. The molecule has 0 spiro atoms. The molecule has 2 saturated heterocycles. The summed E-state index contributed by atoms with van der Waals surface area (Å²) in [7, 11) is 0. The molecule has 0 amide bonds. The summed E-state index contributed by atoms with van der Waals surface area (Å²) >= 11 is 5.81. The first-order valence-corrected chi connectivity index (χ1v) is 12.8. The zero-order chi connectivity index (χ0) is 26.2. The van der Waals surface area contributed by atoms with Gasteiger partial charge in [-0.05, 0) is 68.0 Å². The molecule has 6 nitrogen and oxygen atoms in total. The van der Waals surface area contributed by atoms with Gasteiger partial charge < -0.3 is 19.5 Å². The fraction of sp³-hybridized carbons (Fsp3) is 0.407. The highest BCUT2D eigenvalue weighted by molar-refractivity contribution is 7.80. The Hall–Kier alpha value is -2.95. The lowest BCUT2D eigenvalue weighted by atomic mass is 9.96. The number of thiocarbonyl (C=S) groups is 1. The van der Waals surface area contributed by atoms with Gasteiger partial charge in [0.05, 0.1) is 36.6 Å². The van der Waals surface area contributed by atoms with E-state index in [0.717, 1.165) is 61.6 Å². The van der Waals surface area contributed by atoms with Gasteiger partial charge in [0.2, 0.25) is 0 Å². The number of alkyl halides is 3. The van der Waals surface area contributed by atoms with Crippen LogP contribution < -0.4 is 5.32 Å². The average Bonchev–Trinajstić information content (AvgIpc) is 3.37. The van der Waals surface area contributed by atoms with E-state index < -0.39 is 11.7 Å². The Morgan fingerprint density at radius 3 is 2.54 bits per heavy atom. The Kier molecular flexibility index (Phi) is 7.24. The van der Waals surface area contributed by atoms with Gasteiger partial charge in [-0.25, -0.2) is 0 Å². The minimum atomic E-state index is -4.41. The van der Waals surface area contributed by atoms with Crippen LogP contribution in [0.1, 0.15) is 40.3 Å². The van der Waals surface area contributed by atoms with Crippen LogP contribution in [0.2, 0.25) is 0 Å². The lowest BCUT2D eigenvalue weighted by molar-refractivity contribution is -0.137. The van der Waals surface area contributed by atoms with Gasteiger partial charge >= 0.3 is 6.18 Å². The molecule has 2 aliphatic rings. The summed E-state index contributed by atoms with van der Waals surface area (Å²) in [5.74, 6) is 0. The predicted octanol–water partition coefficient (Wildman–Crippen LogP) is 4.81. The van der Waals surface area contributed by atoms with Crippen LogP contribution in [0, 0.1) is 13.8 Å². The lowest BCUT2D eigenvalue weighted by Crippen LogP contribution is -2.42. The van der Waals surface area contributed by atoms with Gasteiger partial charge in [0, 0.05) is 49.5 Å². The number of aryl methyl sites for hydroxylation is 1. The van der Waals surface area contributed by atoms with Crippen LogP contribution in [0.4, 0.5) is 13.2 Å². The van der Waals surface area contributed by atoms with Crippen molar-refractivity contribution in [2.24, 2.45) is 0 Å². The highest BCUT2D eigenvalue weighted by atomic mass is 32.1. The van der Waals surface area contributed by atoms with Crippen molar-refractivity contribution in [3.8, 4) is 5.69 Å². The molecule has 5 rings (SSSR count). The number of hydrogen-bond acceptors (Lipinski definition) is 4. The molecule has 3 aromatic rings. The summed E-state index contributed by atoms with van der Waals surface area (Å²) in [5.41, 5.74) is 3.44. The molecule has 0 radical (unpaired) electrons. The van der Waals surface area contributed by atoms with Crippen LogP contribution in [-0.4, -0.2) is 63.9 Å². The van der Waals surface area contributed by atoms with E-state index in [9.17, 15) is 13.2 Å². The van der Waals surface area contributed by atoms with Crippen molar-refractivity contribution in [3.63, 3.8) is 0 Å². The van der Waals surface area contributed by atoms with E-state index in [1.54, 1.807) is 12.3 Å². The Bertz CT molecular complexity index is 1260. The number of aromatic nitrogens is 2. The molecular formula is C27H30F3N5OS. The summed E-state index contributed by atoms with van der Waals surface area (Å²) in [6.45, 7) is 8.64. The molecule has 0 aliphatic carbocycles. The van der Waals surface area contributed by atoms with Crippen molar-refractivity contribution in [1.29, 1.82) is 0 Å². The summed E-state index contributed by atoms with van der Waals surface area (Å²) in [6.07, 6.45) is -2.64. The first-order valence-electron chi connectivity index (χ1n) is 12.4. The number of halogens is 3. The van der Waals surface area contributed by atoms with Gasteiger partial charge in [-0.15, -0.1) is 0 Å². The van der Waals surface area contributed by atoms with Crippen LogP contribution in [0.5, 0.6) is 0 Å². The molecular weight excluding hydrogens is 499 g/mol. The molecule has 2 aromatic heterocycles. The Labute approximate surface area is 220 Å². The molecule has 2 aliphatic heterocycles. The van der Waals surface area contributed by atoms with E-state index in [-0.39, 0.29) is 12.1 Å². The first-order chi connectivity index (χ1) is 17.7. The third-order valence-electron chi connectivity index (χ3n) is 7.18. The molecule has 2 atom stereocenters. The summed E-state index contributed by atoms with van der Waals surface area (Å²) < 4.78 is 47.7. The highest BCUT2D eigenvalue weighted by Gasteiger charge is 2.41. The van der Waals surface area contributed by atoms with E-state index in [1.165, 1.54) is 12.1 Å². The number of rotatable bonds is 6. The molecule has 0 saturated carbocycles. The van der Waals surface area contributed by atoms with Gasteiger partial charge in [0.1, 0.15) is 0 Å². The van der Waals surface area contributed by atoms with E-state index >= 15 is 0 Å². The summed E-state index contributed by atoms with van der Waals surface area (Å²) in [5, 5.41) is 4.13. The van der Waals surface area contributed by atoms with Crippen molar-refractivity contribution in [3.05, 3.63) is 82.9 Å². The van der Waals surface area contributed by atoms with Crippen LogP contribution in [-0.2, 0) is 10.9 Å². The minimum absolute atomic E-state index is 0.158. The number of hydrogen-bond donors (Lipinski definition) is 1. The predicted molar refractivity (Wildman–Crippen MR) is 140 cm³/mol. The van der Waals surface area contributed by atoms with Crippen molar-refractivity contribution >= 4 is 17.3 Å². The number of benzene rings is 1. The second kappa shape index (κ2) is 10.4. The zero-order valence-electron chi connectivity index (χ0n) is 20.8. The summed E-state index contributed by atoms with van der Waals surface area (Å²) in [4.78, 5) is 9.16. The van der Waals surface area contributed by atoms with Gasteiger partial charge in [-0.2, -0.15) is 13.2 Å². The highest BCUT2D eigenvalue weighted by Crippen LogP contribution is 2.41. The molecule has 196 valence electrons. The fourth-order valence-electron chi connectivity index (χ4n) is 5.36. The van der Waals surface area contributed by atoms with Crippen LogP contribution in [0.15, 0.2) is 54.7 Å². The number of nitrogens with zero attached hydrogens (tertiary/aromatic N) is 4. The van der Waals surface area contributed by atoms with Crippen LogP contribution >= 0.6 is 12.2 Å². The molecule has 1 aromatic carbocycles. The molecule has 37 heavy (non-hydrogen) atoms. The molecule has 0 bridgehead atoms. The fourth-order valence-corrected chi connectivity index (χ4v) is 5.70. The first kappa shape index (κ1) is 25.7. The molecule has 1 N–H and O–H groups in total. The second-order valence-electron chi connectivity index (χ2n) is 9.48. The Morgan fingerprint density at radius 2 is 1.84 bits per heavy atom. The van der Waals surface area contributed by atoms with Gasteiger partial charge in [0.25, 0.3) is 0 Å². The molecule has 0 unspecified atom stereocenters. The standard InChI is InChI=1S/C27H30F3N5OS/c1-18-16-22(19(2)35(18)21-7-5-6-20(17-21)27(28,29)30)25-24(23-8-3-4-9-31-23)32-26(37)34(25)11-10-33-12-14-36-15-13-33/h3-9,16-17,24-25H,10-15H2,1-2H3,(H,32,37)/t24-,25-/m0/s1. The van der Waals surface area contributed by atoms with E-state index in [0.29, 0.717) is 17.3 Å². The minimum Gasteiger partial charge on any atom is -0.379 e. The maximum absolute atomic E-state index is 13.4. The van der Waals surface area contributed by atoms with Crippen molar-refractivity contribution in [2.45, 2.75) is 32.1 Å². The normalized spacial score (nSPS) is 20.9. The van der Waals surface area contributed by atoms with Crippen LogP contribution in [0.25, 0.3) is 5.69 Å². The molecule has 10 heteroatoms. The van der Waals surface area contributed by atoms with E-state index in [2.05, 4.69) is 26.2 Å². The maximum atomic E-state index is 13.4. The molecule has 4 heterocycles. The summed E-state index contributed by atoms with van der Waals surface area (Å²) in [6, 6.07) is 13.0. The lowest BCUT2D eigenvalue weighted by Gasteiger charge is -2.32. The quantitative estimate of drug-likeness (QED) is 0.463. The molecule has 2 fully saturated rings. The topological polar surface area (TPSA) is 45.6 Å². The number of ether oxygens (including phenoxy) is 1. The monoisotopic (exact) mass is 529 g/mol. The van der Waals surface area contributed by atoms with Gasteiger partial charge in [-0.3, -0.25) is 9.88 Å². The zero-order valence-corrected chi connectivity index (χ0v) is 21.6. The van der Waals surface area contributed by atoms with Crippen LogP contribution in [0.3, 0.4) is 0 Å². The van der Waals surface area contributed by atoms with Gasteiger partial charge in [0.15, 0.2) is 5.11 Å². The third kappa shape index (κ3) is 5.23. The van der Waals surface area contributed by atoms with E-state index in [1.807, 2.05) is 36.6 Å².